The highest BCUT2D eigenvalue weighted by Gasteiger charge is 2.43. The highest BCUT2D eigenvalue weighted by molar-refractivity contribution is 7.86. The molecular formula is C38H49ClN2O6S2. The molecule has 0 bridgehead atoms. The summed E-state index contributed by atoms with van der Waals surface area (Å²) in [5.41, 5.74) is 7.56. The van der Waals surface area contributed by atoms with Gasteiger partial charge in [-0.15, -0.1) is 0 Å². The normalized spacial score (nSPS) is 22.1. The Labute approximate surface area is 297 Å². The Bertz CT molecular complexity index is 1890. The second kappa shape index (κ2) is 14.8. The Morgan fingerprint density at radius 2 is 1.39 bits per heavy atom. The third-order valence-corrected chi connectivity index (χ3v) is 12.3. The Hall–Kier alpha value is -2.89. The molecule has 8 nitrogen and oxygen atoms in total. The number of anilines is 2. The number of nitrogens with zero attached hydrogens (tertiary/aromatic N) is 2. The molecule has 2 aromatic rings. The van der Waals surface area contributed by atoms with E-state index in [0.717, 1.165) is 52.5 Å². The number of para-hydroxylation sites is 2. The summed E-state index contributed by atoms with van der Waals surface area (Å²) in [6, 6.07) is 16.7. The fourth-order valence-corrected chi connectivity index (χ4v) is 9.12. The zero-order valence-electron chi connectivity index (χ0n) is 28.9. The van der Waals surface area contributed by atoms with E-state index in [1.807, 2.05) is 18.2 Å². The van der Waals surface area contributed by atoms with Gasteiger partial charge in [-0.2, -0.15) is 16.8 Å². The molecule has 0 amide bonds. The zero-order valence-corrected chi connectivity index (χ0v) is 31.3. The van der Waals surface area contributed by atoms with E-state index in [9.17, 15) is 25.9 Å². The number of hydrogen-bond acceptors (Lipinski definition) is 6. The summed E-state index contributed by atoms with van der Waals surface area (Å²) in [6.45, 7) is 10.2. The van der Waals surface area contributed by atoms with Gasteiger partial charge in [-0.1, -0.05) is 93.9 Å². The second-order valence-electron chi connectivity index (χ2n) is 14.5. The summed E-state index contributed by atoms with van der Waals surface area (Å²) >= 11 is 7.15. The van der Waals surface area contributed by atoms with Gasteiger partial charge in [0, 0.05) is 46.0 Å². The Kier molecular flexibility index (Phi) is 11.3. The van der Waals surface area contributed by atoms with Crippen molar-refractivity contribution >= 4 is 43.2 Å². The van der Waals surface area contributed by atoms with Crippen LogP contribution in [0.25, 0.3) is 0 Å². The molecule has 0 saturated carbocycles. The van der Waals surface area contributed by atoms with Gasteiger partial charge in [0.1, 0.15) is 0 Å². The number of hydrogen-bond donors (Lipinski definition) is 2. The largest absolute Gasteiger partial charge is 0.364 e. The van der Waals surface area contributed by atoms with E-state index in [0.29, 0.717) is 38.8 Å². The molecule has 0 aromatic heterocycles. The van der Waals surface area contributed by atoms with Gasteiger partial charge in [0.25, 0.3) is 20.2 Å². The predicted octanol–water partition coefficient (Wildman–Crippen LogP) is 8.33. The quantitative estimate of drug-likeness (QED) is 0.156. The average molecular weight is 729 g/mol. The van der Waals surface area contributed by atoms with Crippen LogP contribution in [0.3, 0.4) is 0 Å². The van der Waals surface area contributed by atoms with Crippen molar-refractivity contribution in [3.8, 4) is 0 Å². The van der Waals surface area contributed by atoms with Crippen LogP contribution in [0, 0.1) is 0 Å². The molecule has 11 heteroatoms. The number of allylic oxidation sites excluding steroid dienone is 7. The van der Waals surface area contributed by atoms with Crippen LogP contribution in [-0.2, 0) is 31.1 Å². The van der Waals surface area contributed by atoms with Gasteiger partial charge in [0.05, 0.1) is 17.5 Å². The lowest BCUT2D eigenvalue weighted by Gasteiger charge is -2.33. The smallest absolute Gasteiger partial charge is 0.264 e. The molecule has 2 N–H and O–H groups in total. The lowest BCUT2D eigenvalue weighted by atomic mass is 9.80. The Balaban J connectivity index is 1.40. The molecule has 2 aromatic carbocycles. The molecule has 0 fully saturated rings. The number of unbranched alkanes of at least 4 members (excludes halogenated alkanes) is 2. The fourth-order valence-electron chi connectivity index (χ4n) is 7.67. The van der Waals surface area contributed by atoms with Crippen LogP contribution in [0.5, 0.6) is 0 Å². The van der Waals surface area contributed by atoms with Crippen molar-refractivity contribution in [1.82, 2.24) is 0 Å². The van der Waals surface area contributed by atoms with Crippen molar-refractivity contribution in [2.24, 2.45) is 0 Å². The standard InChI is InChI=1S/C38H49ClN2O6S2/c1-37(2)30-16-5-7-18-32(30)40(24-9-11-26-48(42,43)44)34(37)22-20-28-14-13-15-29(36(28)39)21-23-35-38(3,4)31-17-6-8-19-33(31)41(35)25-10-12-27-49(45,46)47/h5-8,16-23,34H,9-15,24-27H2,1-4H3,(H,42,43,44)(H,45,46,47)/b22-20+,29-21+,35-23+. The maximum Gasteiger partial charge on any atom is 0.264 e. The number of halogens is 1. The van der Waals surface area contributed by atoms with Crippen LogP contribution >= 0.6 is 11.6 Å². The summed E-state index contributed by atoms with van der Waals surface area (Å²) < 4.78 is 63.7. The summed E-state index contributed by atoms with van der Waals surface area (Å²) in [5.74, 6) is -0.489. The average Bonchev–Trinajstić information content (AvgIpc) is 3.37. The highest BCUT2D eigenvalue weighted by Crippen LogP contribution is 2.48. The van der Waals surface area contributed by atoms with Crippen LogP contribution in [0.15, 0.2) is 94.7 Å². The van der Waals surface area contributed by atoms with Crippen LogP contribution < -0.4 is 9.80 Å². The molecule has 266 valence electrons. The van der Waals surface area contributed by atoms with Crippen molar-refractivity contribution in [3.63, 3.8) is 0 Å². The fraction of sp³-hybridized carbons (Fsp3) is 0.474. The van der Waals surface area contributed by atoms with Gasteiger partial charge in [0.15, 0.2) is 0 Å². The Morgan fingerprint density at radius 1 is 0.796 bits per heavy atom. The molecule has 1 unspecified atom stereocenters. The van der Waals surface area contributed by atoms with Crippen LogP contribution in [0.2, 0.25) is 0 Å². The van der Waals surface area contributed by atoms with E-state index in [1.54, 1.807) is 0 Å². The minimum absolute atomic E-state index is 0.0382. The van der Waals surface area contributed by atoms with Crippen LogP contribution in [-0.4, -0.2) is 56.6 Å². The van der Waals surface area contributed by atoms with E-state index < -0.39 is 20.2 Å². The molecule has 5 rings (SSSR count). The minimum atomic E-state index is -4.00. The van der Waals surface area contributed by atoms with E-state index in [2.05, 4.69) is 92.1 Å². The van der Waals surface area contributed by atoms with Gasteiger partial charge in [0.2, 0.25) is 0 Å². The molecule has 3 aliphatic rings. The van der Waals surface area contributed by atoms with E-state index >= 15 is 0 Å². The Morgan fingerprint density at radius 3 is 2.04 bits per heavy atom. The summed E-state index contributed by atoms with van der Waals surface area (Å²) in [4.78, 5) is 4.61. The molecule has 0 radical (unpaired) electrons. The summed E-state index contributed by atoms with van der Waals surface area (Å²) in [7, 11) is -7.99. The first-order valence-electron chi connectivity index (χ1n) is 17.1. The van der Waals surface area contributed by atoms with Crippen molar-refractivity contribution < 1.29 is 25.9 Å². The van der Waals surface area contributed by atoms with Crippen molar-refractivity contribution in [2.45, 2.75) is 89.5 Å². The minimum Gasteiger partial charge on any atom is -0.364 e. The highest BCUT2D eigenvalue weighted by atomic mass is 35.5. The third kappa shape index (κ3) is 8.53. The van der Waals surface area contributed by atoms with Gasteiger partial charge >= 0.3 is 0 Å². The van der Waals surface area contributed by atoms with Crippen LogP contribution in [0.1, 0.15) is 83.8 Å². The molecular weight excluding hydrogens is 680 g/mol. The molecule has 0 spiro atoms. The molecule has 1 aliphatic carbocycles. The van der Waals surface area contributed by atoms with Crippen molar-refractivity contribution in [1.29, 1.82) is 0 Å². The van der Waals surface area contributed by atoms with Gasteiger partial charge < -0.3 is 9.80 Å². The lowest BCUT2D eigenvalue weighted by Crippen LogP contribution is -2.40. The second-order valence-corrected chi connectivity index (χ2v) is 18.0. The summed E-state index contributed by atoms with van der Waals surface area (Å²) in [5, 5.41) is 0.764. The van der Waals surface area contributed by atoms with Gasteiger partial charge in [-0.25, -0.2) is 0 Å². The third-order valence-electron chi connectivity index (χ3n) is 10.2. The molecule has 49 heavy (non-hydrogen) atoms. The topological polar surface area (TPSA) is 115 Å². The van der Waals surface area contributed by atoms with Crippen LogP contribution in [0.4, 0.5) is 11.4 Å². The number of benzene rings is 2. The van der Waals surface area contributed by atoms with Gasteiger partial charge in [-0.05, 0) is 85.4 Å². The van der Waals surface area contributed by atoms with Gasteiger partial charge in [-0.3, -0.25) is 9.11 Å². The zero-order chi connectivity index (χ0) is 35.6. The first kappa shape index (κ1) is 37.4. The molecule has 0 saturated heterocycles. The monoisotopic (exact) mass is 728 g/mol. The number of fused-ring (bicyclic) bond motifs is 2. The SMILES string of the molecule is CC1(C)/C(=C\C=C2/CCCC(/C=C/C3N(CCCCS(=O)(=O)O)c4ccccc4C3(C)C)=C2Cl)N(CCCCS(=O)(=O)O)c2ccccc21. The predicted molar refractivity (Wildman–Crippen MR) is 201 cm³/mol. The first-order valence-corrected chi connectivity index (χ1v) is 20.7. The molecule has 2 aliphatic heterocycles. The van der Waals surface area contributed by atoms with E-state index in [-0.39, 0.29) is 28.4 Å². The van der Waals surface area contributed by atoms with E-state index in [4.69, 9.17) is 11.6 Å². The maximum absolute atomic E-state index is 11.3. The van der Waals surface area contributed by atoms with Crippen molar-refractivity contribution in [2.75, 3.05) is 34.4 Å². The summed E-state index contributed by atoms with van der Waals surface area (Å²) in [6.07, 6.45) is 13.4. The van der Waals surface area contributed by atoms with Crippen molar-refractivity contribution in [3.05, 3.63) is 106 Å². The molecule has 2 heterocycles. The number of rotatable bonds is 13. The first-order chi connectivity index (χ1) is 23.0. The maximum atomic E-state index is 11.3. The molecule has 1 atom stereocenters. The lowest BCUT2D eigenvalue weighted by molar-refractivity contribution is 0.466. The van der Waals surface area contributed by atoms with E-state index in [1.165, 1.54) is 11.1 Å².